The van der Waals surface area contributed by atoms with E-state index in [1.165, 1.54) is 0 Å². The second-order valence-electron chi connectivity index (χ2n) is 7.23. The second kappa shape index (κ2) is 7.79. The smallest absolute Gasteiger partial charge is 0.164 e. The summed E-state index contributed by atoms with van der Waals surface area (Å²) in [5, 5.41) is 10.1. The number of thioether (sulfide) groups is 1. The largest absolute Gasteiger partial charge is 0.354 e. The number of hydrogen-bond donors (Lipinski definition) is 0. The Balaban J connectivity index is 2.47. The molecule has 25 heavy (non-hydrogen) atoms. The van der Waals surface area contributed by atoms with E-state index >= 15 is 0 Å². The van der Waals surface area contributed by atoms with E-state index in [2.05, 4.69) is 21.9 Å². The van der Waals surface area contributed by atoms with Gasteiger partial charge in [0.15, 0.2) is 11.5 Å². The second-order valence-corrected chi connectivity index (χ2v) is 8.22. The summed E-state index contributed by atoms with van der Waals surface area (Å²) in [5.41, 5.74) is 0.693. The van der Waals surface area contributed by atoms with Crippen LogP contribution in [-0.2, 0) is 10.2 Å². The highest BCUT2D eigenvalue weighted by Crippen LogP contribution is 2.26. The van der Waals surface area contributed by atoms with Crippen LogP contribution in [-0.4, -0.2) is 45.7 Å². The third kappa shape index (κ3) is 4.67. The third-order valence-corrected chi connectivity index (χ3v) is 5.10. The number of hydrogen-bond acceptors (Lipinski definition) is 6. The third-order valence-electron chi connectivity index (χ3n) is 3.71. The van der Waals surface area contributed by atoms with Gasteiger partial charge in [-0.3, -0.25) is 4.79 Å². The fourth-order valence-corrected chi connectivity index (χ4v) is 3.38. The first-order chi connectivity index (χ1) is 11.8. The number of aliphatic imine (C=N–C) groups is 1. The molecule has 0 aromatic carbocycles. The number of nitrogens with zero attached hydrogens (tertiary/aromatic N) is 5. The lowest BCUT2D eigenvalue weighted by atomic mass is 9.95. The first-order valence-electron chi connectivity index (χ1n) is 8.11. The molecule has 1 aliphatic rings. The van der Waals surface area contributed by atoms with Gasteiger partial charge in [-0.15, -0.1) is 0 Å². The number of amidine groups is 1. The van der Waals surface area contributed by atoms with Gasteiger partial charge < -0.3 is 4.90 Å². The fourth-order valence-electron chi connectivity index (χ4n) is 2.39. The normalized spacial score (nSPS) is 20.9. The van der Waals surface area contributed by atoms with Gasteiger partial charge in [0.2, 0.25) is 0 Å². The van der Waals surface area contributed by atoms with Crippen LogP contribution in [0, 0.1) is 17.2 Å². The minimum atomic E-state index is -0.174. The van der Waals surface area contributed by atoms with Crippen LogP contribution in [0.3, 0.4) is 0 Å². The Hall–Kier alpha value is -2.20. The highest BCUT2D eigenvalue weighted by molar-refractivity contribution is 8.13. The Kier molecular flexibility index (Phi) is 5.96. The van der Waals surface area contributed by atoms with E-state index < -0.39 is 0 Å². The van der Waals surface area contributed by atoms with Crippen molar-refractivity contribution in [2.75, 3.05) is 19.3 Å². The van der Waals surface area contributed by atoms with Crippen molar-refractivity contribution in [1.82, 2.24) is 14.9 Å². The molecule has 0 N–H and O–H groups in total. The molecule has 0 spiro atoms. The van der Waals surface area contributed by atoms with E-state index in [0.717, 1.165) is 17.5 Å². The lowest BCUT2D eigenvalue weighted by Gasteiger charge is -2.30. The molecule has 1 unspecified atom stereocenters. The molecule has 1 fully saturated rings. The molecule has 0 bridgehead atoms. The maximum atomic E-state index is 11.3. The van der Waals surface area contributed by atoms with E-state index in [-0.39, 0.29) is 11.0 Å². The van der Waals surface area contributed by atoms with E-state index in [4.69, 9.17) is 0 Å². The zero-order chi connectivity index (χ0) is 18.6. The monoisotopic (exact) mass is 357 g/mol. The van der Waals surface area contributed by atoms with E-state index in [1.54, 1.807) is 24.2 Å². The van der Waals surface area contributed by atoms with Crippen molar-refractivity contribution in [3.8, 4) is 6.07 Å². The summed E-state index contributed by atoms with van der Waals surface area (Å²) >= 11 is 1.62. The van der Waals surface area contributed by atoms with Gasteiger partial charge in [-0.05, 0) is 5.92 Å². The van der Waals surface area contributed by atoms with Crippen molar-refractivity contribution in [2.45, 2.75) is 33.1 Å². The van der Waals surface area contributed by atoms with Crippen LogP contribution >= 0.6 is 11.8 Å². The Labute approximate surface area is 153 Å². The zero-order valence-corrected chi connectivity index (χ0v) is 16.1. The predicted octanol–water partition coefficient (Wildman–Crippen LogP) is 2.88. The number of aromatic nitrogens is 2. The molecule has 2 rings (SSSR count). The van der Waals surface area contributed by atoms with E-state index in [0.29, 0.717) is 29.3 Å². The highest BCUT2D eigenvalue weighted by atomic mass is 32.2. The number of nitriles is 1. The SMILES string of the molecule is CC1CS/C(=N/C(=C(/C#N)C=O)c2cnc(C(C)(C)C)nc2)N(C)C1. The van der Waals surface area contributed by atoms with Gasteiger partial charge in [-0.2, -0.15) is 5.26 Å². The van der Waals surface area contributed by atoms with Crippen LogP contribution in [0.25, 0.3) is 5.70 Å². The van der Waals surface area contributed by atoms with Crippen molar-refractivity contribution in [1.29, 1.82) is 5.26 Å². The van der Waals surface area contributed by atoms with Gasteiger partial charge >= 0.3 is 0 Å². The first kappa shape index (κ1) is 19.1. The van der Waals surface area contributed by atoms with Gasteiger partial charge in [0.25, 0.3) is 0 Å². The van der Waals surface area contributed by atoms with Crippen LogP contribution < -0.4 is 0 Å². The molecule has 0 radical (unpaired) electrons. The number of aldehydes is 1. The molecule has 1 saturated heterocycles. The average molecular weight is 357 g/mol. The topological polar surface area (TPSA) is 82.2 Å². The standard InChI is InChI=1S/C18H23N5OS/c1-12-9-23(5)17(25-11-12)22-15(13(6-19)10-24)14-7-20-16(21-8-14)18(2,3)4/h7-8,10,12H,9,11H2,1-5H3/b15-13-,22-17+. The minimum absolute atomic E-state index is 0.0211. The summed E-state index contributed by atoms with van der Waals surface area (Å²) < 4.78 is 0. The maximum Gasteiger partial charge on any atom is 0.164 e. The highest BCUT2D eigenvalue weighted by Gasteiger charge is 2.22. The number of carbonyl (C=O) groups is 1. The number of carbonyl (C=O) groups excluding carboxylic acids is 1. The molecule has 7 heteroatoms. The average Bonchev–Trinajstić information content (AvgIpc) is 2.56. The molecule has 2 heterocycles. The predicted molar refractivity (Wildman–Crippen MR) is 101 cm³/mol. The molecule has 1 aromatic rings. The summed E-state index contributed by atoms with van der Waals surface area (Å²) in [5.74, 6) is 2.22. The van der Waals surface area contributed by atoms with Crippen LogP contribution in [0.5, 0.6) is 0 Å². The summed E-state index contributed by atoms with van der Waals surface area (Å²) in [6, 6.07) is 1.93. The van der Waals surface area contributed by atoms with Gasteiger partial charge in [0.1, 0.15) is 17.5 Å². The quantitative estimate of drug-likeness (QED) is 0.470. The number of allylic oxidation sites excluding steroid dienone is 1. The lowest BCUT2D eigenvalue weighted by Crippen LogP contribution is -2.35. The fraction of sp³-hybridized carbons (Fsp3) is 0.500. The molecule has 1 aliphatic heterocycles. The van der Waals surface area contributed by atoms with Gasteiger partial charge in [-0.25, -0.2) is 15.0 Å². The Bertz CT molecular complexity index is 740. The Morgan fingerprint density at radius 3 is 2.56 bits per heavy atom. The first-order valence-corrected chi connectivity index (χ1v) is 9.10. The van der Waals surface area contributed by atoms with Crippen molar-refractivity contribution >= 4 is 28.9 Å². The molecule has 6 nitrogen and oxygen atoms in total. The van der Waals surface area contributed by atoms with E-state index in [9.17, 15) is 10.1 Å². The molecule has 1 aromatic heterocycles. The zero-order valence-electron chi connectivity index (χ0n) is 15.3. The lowest BCUT2D eigenvalue weighted by molar-refractivity contribution is -0.104. The van der Waals surface area contributed by atoms with Crippen molar-refractivity contribution < 1.29 is 4.79 Å². The van der Waals surface area contributed by atoms with Crippen LogP contribution in [0.4, 0.5) is 0 Å². The summed E-state index contributed by atoms with van der Waals surface area (Å²) in [6.07, 6.45) is 3.79. The van der Waals surface area contributed by atoms with Gasteiger partial charge in [0.05, 0.1) is 5.70 Å². The summed E-state index contributed by atoms with van der Waals surface area (Å²) in [4.78, 5) is 26.8. The van der Waals surface area contributed by atoms with Crippen LogP contribution in [0.15, 0.2) is 23.0 Å². The van der Waals surface area contributed by atoms with Crippen LogP contribution in [0.1, 0.15) is 39.1 Å². The maximum absolute atomic E-state index is 11.3. The molecule has 0 amide bonds. The van der Waals surface area contributed by atoms with Crippen molar-refractivity contribution in [2.24, 2.45) is 10.9 Å². The van der Waals surface area contributed by atoms with Crippen molar-refractivity contribution in [3.05, 3.63) is 29.4 Å². The molecular weight excluding hydrogens is 334 g/mol. The Morgan fingerprint density at radius 2 is 2.08 bits per heavy atom. The molecule has 1 atom stereocenters. The summed E-state index contributed by atoms with van der Waals surface area (Å²) in [6.45, 7) is 9.16. The van der Waals surface area contributed by atoms with Crippen LogP contribution in [0.2, 0.25) is 0 Å². The van der Waals surface area contributed by atoms with Gasteiger partial charge in [-0.1, -0.05) is 39.5 Å². The number of rotatable bonds is 3. The molecule has 132 valence electrons. The van der Waals surface area contributed by atoms with E-state index in [1.807, 2.05) is 38.8 Å². The van der Waals surface area contributed by atoms with Gasteiger partial charge in [0, 0.05) is 42.7 Å². The summed E-state index contributed by atoms with van der Waals surface area (Å²) in [7, 11) is 1.96. The van der Waals surface area contributed by atoms with Crippen molar-refractivity contribution in [3.63, 3.8) is 0 Å². The molecule has 0 saturated carbocycles. The molecular formula is C18H23N5OS. The Morgan fingerprint density at radius 1 is 1.44 bits per heavy atom. The minimum Gasteiger partial charge on any atom is -0.354 e. The molecule has 0 aliphatic carbocycles.